The Bertz CT molecular complexity index is 584. The quantitative estimate of drug-likeness (QED) is 0.898. The van der Waals surface area contributed by atoms with E-state index in [0.29, 0.717) is 31.2 Å². The molecule has 0 saturated carbocycles. The summed E-state index contributed by atoms with van der Waals surface area (Å²) in [6.45, 7) is 0. The Kier molecular flexibility index (Phi) is 4.73. The minimum Gasteiger partial charge on any atom is -0.481 e. The van der Waals surface area contributed by atoms with Crippen LogP contribution in [0.2, 0.25) is 0 Å². The Morgan fingerprint density at radius 1 is 1.32 bits per heavy atom. The Morgan fingerprint density at radius 3 is 2.68 bits per heavy atom. The van der Waals surface area contributed by atoms with Gasteiger partial charge in [0.25, 0.3) is 0 Å². The van der Waals surface area contributed by atoms with Crippen molar-refractivity contribution in [3.63, 3.8) is 0 Å². The van der Waals surface area contributed by atoms with Gasteiger partial charge in [0.15, 0.2) is 0 Å². The summed E-state index contributed by atoms with van der Waals surface area (Å²) < 4.78 is 37.1. The maximum atomic E-state index is 12.4. The van der Waals surface area contributed by atoms with Crippen LogP contribution in [0.15, 0.2) is 18.2 Å². The van der Waals surface area contributed by atoms with E-state index in [1.54, 1.807) is 12.1 Å². The van der Waals surface area contributed by atoms with Crippen LogP contribution < -0.4 is 5.32 Å². The molecular formula is C15H16F3NO3. The molecule has 1 amide bonds. The number of amides is 1. The van der Waals surface area contributed by atoms with Crippen LogP contribution in [0.3, 0.4) is 0 Å². The molecule has 1 atom stereocenters. The van der Waals surface area contributed by atoms with Crippen LogP contribution in [0.4, 0.5) is 13.2 Å². The molecule has 2 rings (SSSR count). The number of hydrogen-bond acceptors (Lipinski definition) is 2. The first-order valence-electron chi connectivity index (χ1n) is 6.98. The fourth-order valence-corrected chi connectivity index (χ4v) is 2.66. The van der Waals surface area contributed by atoms with E-state index in [-0.39, 0.29) is 6.42 Å². The van der Waals surface area contributed by atoms with Crippen LogP contribution in [0.5, 0.6) is 0 Å². The van der Waals surface area contributed by atoms with Crippen LogP contribution in [-0.4, -0.2) is 23.2 Å². The number of benzene rings is 1. The van der Waals surface area contributed by atoms with Gasteiger partial charge in [-0.2, -0.15) is 13.2 Å². The highest BCUT2D eigenvalue weighted by atomic mass is 19.4. The Morgan fingerprint density at radius 2 is 2.05 bits per heavy atom. The zero-order chi connectivity index (χ0) is 16.3. The van der Waals surface area contributed by atoms with E-state index < -0.39 is 24.1 Å². The molecule has 0 heterocycles. The average Bonchev–Trinajstić information content (AvgIpc) is 2.44. The van der Waals surface area contributed by atoms with Crippen molar-refractivity contribution in [3.8, 4) is 0 Å². The molecule has 7 heteroatoms. The molecule has 0 spiro atoms. The van der Waals surface area contributed by atoms with Crippen molar-refractivity contribution in [1.82, 2.24) is 5.32 Å². The molecule has 1 aromatic carbocycles. The molecular weight excluding hydrogens is 299 g/mol. The van der Waals surface area contributed by atoms with E-state index in [9.17, 15) is 22.8 Å². The lowest BCUT2D eigenvalue weighted by Gasteiger charge is -2.27. The zero-order valence-corrected chi connectivity index (χ0v) is 11.7. The van der Waals surface area contributed by atoms with Crippen LogP contribution in [-0.2, 0) is 22.4 Å². The number of aliphatic carboxylic acids is 1. The summed E-state index contributed by atoms with van der Waals surface area (Å²) in [5.41, 5.74) is 2.40. The maximum absolute atomic E-state index is 12.4. The third-order valence-electron chi connectivity index (χ3n) is 3.71. The fourth-order valence-electron chi connectivity index (χ4n) is 2.66. The number of fused-ring (bicyclic) bond motifs is 1. The molecule has 0 bridgehead atoms. The monoisotopic (exact) mass is 315 g/mol. The van der Waals surface area contributed by atoms with E-state index in [1.807, 2.05) is 11.4 Å². The number of rotatable bonds is 4. The number of nitrogens with one attached hydrogen (secondary N) is 1. The number of carboxylic acid groups (broad SMARTS) is 1. The second-order valence-electron chi connectivity index (χ2n) is 5.34. The van der Waals surface area contributed by atoms with Gasteiger partial charge >= 0.3 is 18.1 Å². The minimum atomic E-state index is -4.89. The number of aryl methyl sites for hydroxylation is 2. The summed E-state index contributed by atoms with van der Waals surface area (Å²) in [5.74, 6) is -2.83. The van der Waals surface area contributed by atoms with Crippen molar-refractivity contribution >= 4 is 11.9 Å². The smallest absolute Gasteiger partial charge is 0.471 e. The number of carboxylic acids is 1. The Labute approximate surface area is 125 Å². The molecule has 1 unspecified atom stereocenters. The third-order valence-corrected chi connectivity index (χ3v) is 3.71. The first-order chi connectivity index (χ1) is 10.3. The first kappa shape index (κ1) is 16.3. The second-order valence-corrected chi connectivity index (χ2v) is 5.34. The topological polar surface area (TPSA) is 66.4 Å². The normalized spacial score (nSPS) is 17.7. The molecule has 0 radical (unpaired) electrons. The van der Waals surface area contributed by atoms with Gasteiger partial charge in [-0.15, -0.1) is 0 Å². The second kappa shape index (κ2) is 6.37. The van der Waals surface area contributed by atoms with Crippen molar-refractivity contribution in [2.75, 3.05) is 0 Å². The molecule has 120 valence electrons. The Hall–Kier alpha value is -2.05. The number of carbonyl (C=O) groups excluding carboxylic acids is 1. The lowest BCUT2D eigenvalue weighted by Crippen LogP contribution is -2.40. The summed E-state index contributed by atoms with van der Waals surface area (Å²) in [6, 6.07) is 4.57. The number of carbonyl (C=O) groups is 2. The van der Waals surface area contributed by atoms with Gasteiger partial charge in [0, 0.05) is 6.42 Å². The average molecular weight is 315 g/mol. The van der Waals surface area contributed by atoms with Crippen LogP contribution in [0, 0.1) is 0 Å². The van der Waals surface area contributed by atoms with Crippen molar-refractivity contribution < 1.29 is 27.9 Å². The van der Waals surface area contributed by atoms with Gasteiger partial charge in [-0.1, -0.05) is 18.2 Å². The molecule has 0 aliphatic heterocycles. The molecule has 0 aromatic heterocycles. The van der Waals surface area contributed by atoms with Crippen LogP contribution in [0.1, 0.15) is 42.0 Å². The molecule has 1 aromatic rings. The van der Waals surface area contributed by atoms with Crippen LogP contribution >= 0.6 is 0 Å². The summed E-state index contributed by atoms with van der Waals surface area (Å²) in [6.07, 6.45) is -2.65. The van der Waals surface area contributed by atoms with E-state index >= 15 is 0 Å². The van der Waals surface area contributed by atoms with Gasteiger partial charge in [-0.3, -0.25) is 9.59 Å². The van der Waals surface area contributed by atoms with Crippen molar-refractivity contribution in [2.24, 2.45) is 0 Å². The maximum Gasteiger partial charge on any atom is 0.471 e. The van der Waals surface area contributed by atoms with Gasteiger partial charge in [0.05, 0.1) is 6.04 Å². The summed E-state index contributed by atoms with van der Waals surface area (Å²) in [7, 11) is 0. The summed E-state index contributed by atoms with van der Waals surface area (Å²) in [4.78, 5) is 21.7. The molecule has 1 aliphatic carbocycles. The molecule has 0 fully saturated rings. The first-order valence-corrected chi connectivity index (χ1v) is 6.98. The minimum absolute atomic E-state index is 0.00697. The van der Waals surface area contributed by atoms with Crippen molar-refractivity contribution in [2.45, 2.75) is 44.3 Å². The van der Waals surface area contributed by atoms with Crippen molar-refractivity contribution in [3.05, 3.63) is 34.9 Å². The number of halogens is 3. The number of alkyl halides is 3. The Balaban J connectivity index is 2.14. The predicted molar refractivity (Wildman–Crippen MR) is 72.3 cm³/mol. The third kappa shape index (κ3) is 3.99. The molecule has 0 saturated heterocycles. The van der Waals surface area contributed by atoms with E-state index in [1.165, 1.54) is 0 Å². The highest BCUT2D eigenvalue weighted by Crippen LogP contribution is 2.31. The molecule has 4 nitrogen and oxygen atoms in total. The molecule has 1 aliphatic rings. The van der Waals surface area contributed by atoms with E-state index in [0.717, 1.165) is 11.1 Å². The zero-order valence-electron chi connectivity index (χ0n) is 11.7. The standard InChI is InChI=1S/C15H16F3NO3/c16-15(17,18)14(22)19-12-3-1-2-10-8-9(4-6-11(10)12)5-7-13(20)21/h4,6,8,12H,1-3,5,7H2,(H,19,22)(H,20,21). The van der Waals surface area contributed by atoms with Gasteiger partial charge in [-0.05, 0) is 42.4 Å². The molecule has 22 heavy (non-hydrogen) atoms. The summed E-state index contributed by atoms with van der Waals surface area (Å²) >= 11 is 0. The lowest BCUT2D eigenvalue weighted by molar-refractivity contribution is -0.174. The van der Waals surface area contributed by atoms with E-state index in [2.05, 4.69) is 0 Å². The summed E-state index contributed by atoms with van der Waals surface area (Å²) in [5, 5.41) is 10.7. The highest BCUT2D eigenvalue weighted by Gasteiger charge is 2.40. The van der Waals surface area contributed by atoms with Gasteiger partial charge in [0.1, 0.15) is 0 Å². The SMILES string of the molecule is O=C(O)CCc1ccc2c(c1)CCCC2NC(=O)C(F)(F)F. The highest BCUT2D eigenvalue weighted by molar-refractivity contribution is 5.82. The fraction of sp³-hybridized carbons (Fsp3) is 0.467. The van der Waals surface area contributed by atoms with Gasteiger partial charge in [0.2, 0.25) is 0 Å². The number of hydrogen-bond donors (Lipinski definition) is 2. The van der Waals surface area contributed by atoms with Gasteiger partial charge in [-0.25, -0.2) is 0 Å². The molecule has 2 N–H and O–H groups in total. The predicted octanol–water partition coefficient (Wildman–Crippen LogP) is 2.76. The lowest BCUT2D eigenvalue weighted by atomic mass is 9.86. The van der Waals surface area contributed by atoms with Crippen molar-refractivity contribution in [1.29, 1.82) is 0 Å². The largest absolute Gasteiger partial charge is 0.481 e. The van der Waals surface area contributed by atoms with E-state index in [4.69, 9.17) is 5.11 Å². The van der Waals surface area contributed by atoms with Gasteiger partial charge < -0.3 is 10.4 Å². The van der Waals surface area contributed by atoms with Crippen LogP contribution in [0.25, 0.3) is 0 Å².